The second-order valence-electron chi connectivity index (χ2n) is 11.3. The highest BCUT2D eigenvalue weighted by Crippen LogP contribution is 2.51. The maximum atomic E-state index is 14.8. The number of fused-ring (bicyclic) bond motifs is 2. The summed E-state index contributed by atoms with van der Waals surface area (Å²) in [4.78, 5) is 53.1. The summed E-state index contributed by atoms with van der Waals surface area (Å²) in [5, 5.41) is 16.4. The van der Waals surface area contributed by atoms with Gasteiger partial charge in [0.25, 0.3) is 5.91 Å². The number of nitrogens with zero attached hydrogens (tertiary/aromatic N) is 1. The van der Waals surface area contributed by atoms with E-state index in [1.54, 1.807) is 27.7 Å². The molecule has 0 aromatic heterocycles. The largest absolute Gasteiger partial charge is 0.464 e. The molecule has 0 spiro atoms. The number of amides is 3. The summed E-state index contributed by atoms with van der Waals surface area (Å²) in [6.45, 7) is 6.60. The molecule has 0 aromatic carbocycles. The Hall–Kier alpha value is -2.50. The van der Waals surface area contributed by atoms with Crippen LogP contribution in [0, 0.1) is 5.92 Å². The normalized spacial score (nSPS) is 32.7. The van der Waals surface area contributed by atoms with E-state index in [0.717, 1.165) is 4.90 Å². The molecule has 4 atom stereocenters. The van der Waals surface area contributed by atoms with Gasteiger partial charge in [0.05, 0.1) is 6.61 Å². The lowest BCUT2D eigenvalue weighted by Crippen LogP contribution is -2.63. The van der Waals surface area contributed by atoms with Gasteiger partial charge in [0.2, 0.25) is 17.6 Å². The number of ether oxygens (including phenoxy) is 2. The Morgan fingerprint density at radius 1 is 1.14 bits per heavy atom. The van der Waals surface area contributed by atoms with Crippen LogP contribution in [-0.2, 0) is 23.9 Å². The summed E-state index contributed by atoms with van der Waals surface area (Å²) in [5.74, 6) is -6.46. The molecule has 3 aliphatic rings. The summed E-state index contributed by atoms with van der Waals surface area (Å²) in [7, 11) is 0. The topological polar surface area (TPSA) is 134 Å². The summed E-state index contributed by atoms with van der Waals surface area (Å²) >= 11 is 0. The van der Waals surface area contributed by atoms with Gasteiger partial charge >= 0.3 is 12.1 Å². The molecular weight excluding hydrogens is 492 g/mol. The van der Waals surface area contributed by atoms with E-state index in [1.165, 1.54) is 0 Å². The maximum absolute atomic E-state index is 14.8. The molecule has 37 heavy (non-hydrogen) atoms. The standard InChI is InChI=1S/C25H39F2N3O7/c1-5-36-20(33)24-15-16(24)14-23(26,27)11-8-6-7-10-17(28-21(34)37-22(2,3)4)18(31)30-13-9-12-25(30,35)19(32)29-24/h16-17,35H,5-15H2,1-4H3,(H,28,34)(H,29,32)/t16-,17+,24-,25+/m1/s1. The zero-order chi connectivity index (χ0) is 27.6. The Bertz CT molecular complexity index is 909. The number of hydrogen-bond donors (Lipinski definition) is 3. The lowest BCUT2D eigenvalue weighted by atomic mass is 10.0. The van der Waals surface area contributed by atoms with Gasteiger partial charge in [-0.25, -0.2) is 18.4 Å². The molecule has 3 amide bonds. The number of alkyl carbamates (subject to hydrolysis) is 1. The molecule has 1 saturated carbocycles. The van der Waals surface area contributed by atoms with Crippen LogP contribution in [0.5, 0.6) is 0 Å². The molecule has 3 rings (SSSR count). The third-order valence-corrected chi connectivity index (χ3v) is 7.13. The van der Waals surface area contributed by atoms with Crippen molar-refractivity contribution in [3.63, 3.8) is 0 Å². The third kappa shape index (κ3) is 6.69. The van der Waals surface area contributed by atoms with Gasteiger partial charge in [-0.15, -0.1) is 0 Å². The minimum atomic E-state index is -3.07. The molecule has 2 heterocycles. The first-order chi connectivity index (χ1) is 17.1. The minimum absolute atomic E-state index is 0.00748. The number of esters is 1. The fraction of sp³-hybridized carbons (Fsp3) is 0.840. The number of halogens is 2. The lowest BCUT2D eigenvalue weighted by Gasteiger charge is -2.36. The van der Waals surface area contributed by atoms with Crippen LogP contribution in [0.15, 0.2) is 0 Å². The van der Waals surface area contributed by atoms with Crippen LogP contribution in [0.3, 0.4) is 0 Å². The SMILES string of the molecule is CCOC(=O)[C@@]12C[C@H]1CC(F)(F)CCCCC[C@H](NC(=O)OC(C)(C)C)C(=O)N1CCC[C@]1(O)C(=O)N2. The molecule has 0 radical (unpaired) electrons. The van der Waals surface area contributed by atoms with Crippen molar-refractivity contribution in [1.82, 2.24) is 15.5 Å². The van der Waals surface area contributed by atoms with E-state index >= 15 is 0 Å². The predicted molar refractivity (Wildman–Crippen MR) is 127 cm³/mol. The Balaban J connectivity index is 1.90. The number of nitrogens with one attached hydrogen (secondary N) is 2. The minimum Gasteiger partial charge on any atom is -0.464 e. The highest BCUT2D eigenvalue weighted by molar-refractivity contribution is 5.97. The molecule has 12 heteroatoms. The van der Waals surface area contributed by atoms with Crippen molar-refractivity contribution in [1.29, 1.82) is 0 Å². The molecule has 10 nitrogen and oxygen atoms in total. The Kier molecular flexibility index (Phi) is 8.41. The van der Waals surface area contributed by atoms with E-state index < -0.39 is 71.5 Å². The highest BCUT2D eigenvalue weighted by Gasteiger charge is 2.66. The van der Waals surface area contributed by atoms with Gasteiger partial charge < -0.3 is 30.1 Å². The van der Waals surface area contributed by atoms with Crippen molar-refractivity contribution in [2.75, 3.05) is 13.2 Å². The monoisotopic (exact) mass is 531 g/mol. The zero-order valence-corrected chi connectivity index (χ0v) is 22.0. The van der Waals surface area contributed by atoms with Crippen LogP contribution < -0.4 is 10.6 Å². The van der Waals surface area contributed by atoms with Crippen LogP contribution in [0.4, 0.5) is 13.6 Å². The number of carbonyl (C=O) groups excluding carboxylic acids is 4. The fourth-order valence-corrected chi connectivity index (χ4v) is 5.19. The van der Waals surface area contributed by atoms with E-state index in [2.05, 4.69) is 10.6 Å². The van der Waals surface area contributed by atoms with Crippen LogP contribution >= 0.6 is 0 Å². The van der Waals surface area contributed by atoms with Crippen LogP contribution in [0.1, 0.15) is 85.5 Å². The summed E-state index contributed by atoms with van der Waals surface area (Å²) in [5.41, 5.74) is -4.81. The van der Waals surface area contributed by atoms with Crippen molar-refractivity contribution in [3.05, 3.63) is 0 Å². The molecule has 3 fully saturated rings. The van der Waals surface area contributed by atoms with Crippen LogP contribution in [0.2, 0.25) is 0 Å². The molecule has 0 aromatic rings. The van der Waals surface area contributed by atoms with E-state index in [0.29, 0.717) is 19.3 Å². The molecule has 3 N–H and O–H groups in total. The number of alkyl halides is 2. The van der Waals surface area contributed by atoms with Gasteiger partial charge in [0, 0.05) is 31.7 Å². The fourth-order valence-electron chi connectivity index (χ4n) is 5.19. The number of aliphatic hydroxyl groups is 1. The van der Waals surface area contributed by atoms with E-state index in [1.807, 2.05) is 0 Å². The Morgan fingerprint density at radius 2 is 1.84 bits per heavy atom. The molecular formula is C25H39F2N3O7. The van der Waals surface area contributed by atoms with Crippen LogP contribution in [0.25, 0.3) is 0 Å². The number of rotatable bonds is 3. The number of hydrogen-bond acceptors (Lipinski definition) is 7. The van der Waals surface area contributed by atoms with Gasteiger partial charge in [0.1, 0.15) is 17.2 Å². The molecule has 0 bridgehead atoms. The Morgan fingerprint density at radius 3 is 2.49 bits per heavy atom. The van der Waals surface area contributed by atoms with Gasteiger partial charge in [-0.3, -0.25) is 9.59 Å². The maximum Gasteiger partial charge on any atom is 0.408 e. The van der Waals surface area contributed by atoms with Crippen molar-refractivity contribution < 1.29 is 42.5 Å². The summed E-state index contributed by atoms with van der Waals surface area (Å²) in [6, 6.07) is -1.13. The molecule has 210 valence electrons. The van der Waals surface area contributed by atoms with E-state index in [9.17, 15) is 33.1 Å². The molecule has 1 aliphatic carbocycles. The first-order valence-electron chi connectivity index (χ1n) is 13.0. The second-order valence-corrected chi connectivity index (χ2v) is 11.3. The highest BCUT2D eigenvalue weighted by atomic mass is 19.3. The van der Waals surface area contributed by atoms with E-state index in [-0.39, 0.29) is 38.8 Å². The van der Waals surface area contributed by atoms with Gasteiger partial charge in [0.15, 0.2) is 0 Å². The van der Waals surface area contributed by atoms with Crippen molar-refractivity contribution in [2.45, 2.75) is 114 Å². The number of carbonyl (C=O) groups is 4. The first-order valence-corrected chi connectivity index (χ1v) is 13.0. The molecule has 2 saturated heterocycles. The smallest absolute Gasteiger partial charge is 0.408 e. The third-order valence-electron chi connectivity index (χ3n) is 7.13. The quantitative estimate of drug-likeness (QED) is 0.477. The second kappa shape index (κ2) is 10.7. The predicted octanol–water partition coefficient (Wildman–Crippen LogP) is 2.62. The average Bonchev–Trinajstić information content (AvgIpc) is 3.28. The summed E-state index contributed by atoms with van der Waals surface area (Å²) < 4.78 is 39.9. The van der Waals surface area contributed by atoms with Crippen molar-refractivity contribution in [2.24, 2.45) is 5.92 Å². The summed E-state index contributed by atoms with van der Waals surface area (Å²) in [6.07, 6.45) is -0.675. The van der Waals surface area contributed by atoms with Crippen LogP contribution in [-0.4, -0.2) is 75.9 Å². The van der Waals surface area contributed by atoms with Gasteiger partial charge in [-0.05, 0) is 53.4 Å². The Labute approximate surface area is 215 Å². The average molecular weight is 532 g/mol. The first kappa shape index (κ1) is 29.1. The zero-order valence-electron chi connectivity index (χ0n) is 22.0. The lowest BCUT2D eigenvalue weighted by molar-refractivity contribution is -0.171. The van der Waals surface area contributed by atoms with Gasteiger partial charge in [-0.2, -0.15) is 0 Å². The van der Waals surface area contributed by atoms with Gasteiger partial charge in [-0.1, -0.05) is 12.8 Å². The molecule has 2 aliphatic heterocycles. The van der Waals surface area contributed by atoms with Crippen molar-refractivity contribution in [3.8, 4) is 0 Å². The molecule has 0 unspecified atom stereocenters. The van der Waals surface area contributed by atoms with Crippen molar-refractivity contribution >= 4 is 23.9 Å². The van der Waals surface area contributed by atoms with E-state index in [4.69, 9.17) is 9.47 Å².